The Kier molecular flexibility index (Phi) is 2.67. The molecule has 1 amide bonds. The second-order valence-corrected chi connectivity index (χ2v) is 3.22. The number of halogens is 1. The minimum atomic E-state index is -1.04. The van der Waals surface area contributed by atoms with Gasteiger partial charge >= 0.3 is 5.97 Å². The predicted octanol–water partition coefficient (Wildman–Crippen LogP) is 1.25. The van der Waals surface area contributed by atoms with Gasteiger partial charge in [0.1, 0.15) is 0 Å². The van der Waals surface area contributed by atoms with Gasteiger partial charge in [0.2, 0.25) is 5.91 Å². The van der Waals surface area contributed by atoms with Gasteiger partial charge < -0.3 is 10.8 Å². The van der Waals surface area contributed by atoms with Crippen molar-refractivity contribution in [3.05, 3.63) is 33.8 Å². The van der Waals surface area contributed by atoms with Gasteiger partial charge in [0.15, 0.2) is 0 Å². The zero-order valence-corrected chi connectivity index (χ0v) is 8.04. The van der Waals surface area contributed by atoms with E-state index in [1.165, 1.54) is 18.2 Å². The third-order valence-corrected chi connectivity index (χ3v) is 2.14. The van der Waals surface area contributed by atoms with Crippen molar-refractivity contribution in [2.45, 2.75) is 0 Å². The Bertz CT molecular complexity index is 376. The normalized spacial score (nSPS) is 9.62. The van der Waals surface area contributed by atoms with Gasteiger partial charge in [-0.15, -0.1) is 0 Å². The van der Waals surface area contributed by atoms with Crippen molar-refractivity contribution in [2.24, 2.45) is 5.73 Å². The number of nitrogens with two attached hydrogens (primary N) is 1. The van der Waals surface area contributed by atoms with Gasteiger partial charge in [-0.3, -0.25) is 4.79 Å². The van der Waals surface area contributed by atoms with E-state index in [9.17, 15) is 9.59 Å². The molecule has 5 heteroatoms. The molecule has 0 aliphatic rings. The summed E-state index contributed by atoms with van der Waals surface area (Å²) in [6, 6.07) is 4.03. The van der Waals surface area contributed by atoms with E-state index in [-0.39, 0.29) is 11.1 Å². The fourth-order valence-electron chi connectivity index (χ4n) is 0.848. The highest BCUT2D eigenvalue weighted by Gasteiger charge is 2.09. The van der Waals surface area contributed by atoms with Crippen molar-refractivity contribution >= 4 is 27.8 Å². The van der Waals surface area contributed by atoms with E-state index in [4.69, 9.17) is 10.8 Å². The van der Waals surface area contributed by atoms with Crippen molar-refractivity contribution in [3.8, 4) is 0 Å². The lowest BCUT2D eigenvalue weighted by Crippen LogP contribution is -2.12. The van der Waals surface area contributed by atoms with Crippen LogP contribution in [0.2, 0.25) is 0 Å². The number of carbonyl (C=O) groups excluding carboxylic acids is 1. The molecule has 0 atom stereocenters. The molecule has 1 aromatic carbocycles. The number of carboxylic acid groups (broad SMARTS) is 1. The predicted molar refractivity (Wildman–Crippen MR) is 49.6 cm³/mol. The van der Waals surface area contributed by atoms with Gasteiger partial charge in [-0.25, -0.2) is 4.79 Å². The molecule has 0 saturated carbocycles. The Morgan fingerprint density at radius 2 is 2.00 bits per heavy atom. The third-order valence-electron chi connectivity index (χ3n) is 1.48. The smallest absolute Gasteiger partial charge is 0.335 e. The van der Waals surface area contributed by atoms with Crippen LogP contribution < -0.4 is 5.73 Å². The molecule has 13 heavy (non-hydrogen) atoms. The third kappa shape index (κ3) is 2.06. The standard InChI is InChI=1S/C8H6BrNO3/c9-6-3-4(8(12)13)1-2-5(6)7(10)11/h1-3H,(H2,10,11)(H,12,13). The monoisotopic (exact) mass is 243 g/mol. The molecule has 0 heterocycles. The first-order valence-corrected chi connectivity index (χ1v) is 4.14. The Labute approximate surface area is 82.5 Å². The molecule has 0 saturated heterocycles. The van der Waals surface area contributed by atoms with Gasteiger partial charge in [0, 0.05) is 4.47 Å². The molecule has 0 radical (unpaired) electrons. The highest BCUT2D eigenvalue weighted by molar-refractivity contribution is 9.10. The number of rotatable bonds is 2. The Morgan fingerprint density at radius 1 is 1.38 bits per heavy atom. The maximum absolute atomic E-state index is 10.7. The summed E-state index contributed by atoms with van der Waals surface area (Å²) < 4.78 is 0.389. The van der Waals surface area contributed by atoms with Crippen LogP contribution >= 0.6 is 15.9 Å². The quantitative estimate of drug-likeness (QED) is 0.821. The summed E-state index contributed by atoms with van der Waals surface area (Å²) in [6.45, 7) is 0. The molecule has 0 aromatic heterocycles. The molecule has 0 aliphatic carbocycles. The molecular weight excluding hydrogens is 238 g/mol. The molecular formula is C8H6BrNO3. The minimum Gasteiger partial charge on any atom is -0.478 e. The maximum atomic E-state index is 10.7. The van der Waals surface area contributed by atoms with E-state index >= 15 is 0 Å². The summed E-state index contributed by atoms with van der Waals surface area (Å²) in [7, 11) is 0. The molecule has 1 aromatic rings. The maximum Gasteiger partial charge on any atom is 0.335 e. The van der Waals surface area contributed by atoms with Crippen molar-refractivity contribution < 1.29 is 14.7 Å². The van der Waals surface area contributed by atoms with Gasteiger partial charge in [0.25, 0.3) is 0 Å². The van der Waals surface area contributed by atoms with Crippen LogP contribution in [0.3, 0.4) is 0 Å². The number of carboxylic acids is 1. The zero-order valence-electron chi connectivity index (χ0n) is 6.45. The van der Waals surface area contributed by atoms with Crippen molar-refractivity contribution in [1.29, 1.82) is 0 Å². The summed E-state index contributed by atoms with van der Waals surface area (Å²) in [6.07, 6.45) is 0. The number of primary amides is 1. The lowest BCUT2D eigenvalue weighted by molar-refractivity contribution is 0.0696. The average Bonchev–Trinajstić information content (AvgIpc) is 2.03. The largest absolute Gasteiger partial charge is 0.478 e. The van der Waals surface area contributed by atoms with Crippen LogP contribution in [0.15, 0.2) is 22.7 Å². The van der Waals surface area contributed by atoms with E-state index in [0.29, 0.717) is 4.47 Å². The van der Waals surface area contributed by atoms with Crippen LogP contribution in [0.4, 0.5) is 0 Å². The lowest BCUT2D eigenvalue weighted by atomic mass is 10.1. The van der Waals surface area contributed by atoms with Crippen molar-refractivity contribution in [2.75, 3.05) is 0 Å². The average molecular weight is 244 g/mol. The second-order valence-electron chi connectivity index (χ2n) is 2.36. The molecule has 0 aliphatic heterocycles. The fraction of sp³-hybridized carbons (Fsp3) is 0. The van der Waals surface area contributed by atoms with Crippen LogP contribution in [0, 0.1) is 0 Å². The molecule has 0 spiro atoms. The van der Waals surface area contributed by atoms with Crippen LogP contribution in [0.1, 0.15) is 20.7 Å². The van der Waals surface area contributed by atoms with Gasteiger partial charge in [-0.2, -0.15) is 0 Å². The highest BCUT2D eigenvalue weighted by Crippen LogP contribution is 2.18. The summed E-state index contributed by atoms with van der Waals surface area (Å²) in [4.78, 5) is 21.2. The van der Waals surface area contributed by atoms with E-state index in [0.717, 1.165) is 0 Å². The van der Waals surface area contributed by atoms with Gasteiger partial charge in [0.05, 0.1) is 11.1 Å². The minimum absolute atomic E-state index is 0.108. The van der Waals surface area contributed by atoms with Gasteiger partial charge in [-0.05, 0) is 34.1 Å². The van der Waals surface area contributed by atoms with Crippen molar-refractivity contribution in [1.82, 2.24) is 0 Å². The molecule has 68 valence electrons. The zero-order chi connectivity index (χ0) is 10.0. The van der Waals surface area contributed by atoms with Crippen LogP contribution in [-0.4, -0.2) is 17.0 Å². The van der Waals surface area contributed by atoms with E-state index in [1.807, 2.05) is 0 Å². The Hall–Kier alpha value is -1.36. The number of benzene rings is 1. The number of hydrogen-bond acceptors (Lipinski definition) is 2. The summed E-state index contributed by atoms with van der Waals surface area (Å²) in [5, 5.41) is 8.60. The van der Waals surface area contributed by atoms with E-state index in [2.05, 4.69) is 15.9 Å². The molecule has 0 unspecified atom stereocenters. The van der Waals surface area contributed by atoms with Crippen LogP contribution in [0.25, 0.3) is 0 Å². The second kappa shape index (κ2) is 3.57. The molecule has 0 bridgehead atoms. The number of amides is 1. The first-order valence-electron chi connectivity index (χ1n) is 3.35. The first kappa shape index (κ1) is 9.73. The molecule has 1 rings (SSSR count). The van der Waals surface area contributed by atoms with Crippen LogP contribution in [-0.2, 0) is 0 Å². The highest BCUT2D eigenvalue weighted by atomic mass is 79.9. The molecule has 0 fully saturated rings. The molecule has 4 nitrogen and oxygen atoms in total. The Balaban J connectivity index is 3.20. The number of hydrogen-bond donors (Lipinski definition) is 2. The number of aromatic carboxylic acids is 1. The lowest BCUT2D eigenvalue weighted by Gasteiger charge is -2.00. The number of carbonyl (C=O) groups is 2. The van der Waals surface area contributed by atoms with E-state index < -0.39 is 11.9 Å². The first-order chi connectivity index (χ1) is 6.02. The van der Waals surface area contributed by atoms with E-state index in [1.54, 1.807) is 0 Å². The summed E-state index contributed by atoms with van der Waals surface area (Å²) in [5.41, 5.74) is 5.40. The Morgan fingerprint density at radius 3 is 2.38 bits per heavy atom. The van der Waals surface area contributed by atoms with Crippen molar-refractivity contribution in [3.63, 3.8) is 0 Å². The van der Waals surface area contributed by atoms with Crippen LogP contribution in [0.5, 0.6) is 0 Å². The SMILES string of the molecule is NC(=O)c1ccc(C(=O)O)cc1Br. The fourth-order valence-corrected chi connectivity index (χ4v) is 1.42. The summed E-state index contributed by atoms with van der Waals surface area (Å²) in [5.74, 6) is -1.64. The van der Waals surface area contributed by atoms with Gasteiger partial charge in [-0.1, -0.05) is 0 Å². The summed E-state index contributed by atoms with van der Waals surface area (Å²) >= 11 is 3.05. The topological polar surface area (TPSA) is 80.4 Å². The molecule has 3 N–H and O–H groups in total.